The summed E-state index contributed by atoms with van der Waals surface area (Å²) in [5.41, 5.74) is 0.212. The molecule has 0 aliphatic heterocycles. The first-order chi connectivity index (χ1) is 13.6. The number of halogens is 2. The van der Waals surface area contributed by atoms with E-state index in [9.17, 15) is 13.6 Å². The molecule has 28 heavy (non-hydrogen) atoms. The van der Waals surface area contributed by atoms with Crippen molar-refractivity contribution >= 4 is 17.2 Å². The van der Waals surface area contributed by atoms with Gasteiger partial charge < -0.3 is 5.32 Å². The van der Waals surface area contributed by atoms with Crippen LogP contribution in [0.3, 0.4) is 0 Å². The molecule has 1 saturated carbocycles. The number of carbonyl (C=O) groups is 1. The molecule has 0 aromatic carbocycles. The van der Waals surface area contributed by atoms with Crippen molar-refractivity contribution in [3.05, 3.63) is 42.1 Å². The Kier molecular flexibility index (Phi) is 5.06. The van der Waals surface area contributed by atoms with Crippen LogP contribution >= 0.6 is 0 Å². The molecule has 0 unspecified atom stereocenters. The molecule has 0 radical (unpaired) electrons. The minimum atomic E-state index is -2.77. The molecule has 0 spiro atoms. The number of nitrogens with zero attached hydrogens (tertiary/aromatic N) is 5. The molecule has 1 aliphatic rings. The van der Waals surface area contributed by atoms with E-state index in [4.69, 9.17) is 0 Å². The first kappa shape index (κ1) is 18.5. The average Bonchev–Trinajstić information content (AvgIpc) is 3.32. The highest BCUT2D eigenvalue weighted by Crippen LogP contribution is 2.35. The highest BCUT2D eigenvalue weighted by atomic mass is 19.3. The highest BCUT2D eigenvalue weighted by Gasteiger charge is 2.27. The van der Waals surface area contributed by atoms with Gasteiger partial charge in [0.1, 0.15) is 5.56 Å². The maximum absolute atomic E-state index is 13.5. The number of aromatic nitrogens is 5. The highest BCUT2D eigenvalue weighted by molar-refractivity contribution is 6.08. The Morgan fingerprint density at radius 2 is 2.11 bits per heavy atom. The molecule has 7 nitrogen and oxygen atoms in total. The normalized spacial score (nSPS) is 20.0. The summed E-state index contributed by atoms with van der Waals surface area (Å²) in [4.78, 5) is 16.8. The van der Waals surface area contributed by atoms with Crippen molar-refractivity contribution in [2.24, 2.45) is 5.92 Å². The van der Waals surface area contributed by atoms with E-state index in [0.29, 0.717) is 11.6 Å². The second-order valence-corrected chi connectivity index (χ2v) is 7.19. The van der Waals surface area contributed by atoms with E-state index >= 15 is 0 Å². The van der Waals surface area contributed by atoms with E-state index in [2.05, 4.69) is 27.4 Å². The molecule has 1 fully saturated rings. The SMILES string of the molecule is CC[C@H]1CC[C@H](n2cc(NC(=O)c3cnn4cccnc34)c(C(F)F)n2)CC1. The molecule has 0 saturated heterocycles. The predicted molar refractivity (Wildman–Crippen MR) is 99.4 cm³/mol. The van der Waals surface area contributed by atoms with Crippen LogP contribution in [0, 0.1) is 5.92 Å². The maximum atomic E-state index is 13.5. The van der Waals surface area contributed by atoms with Gasteiger partial charge in [0.25, 0.3) is 12.3 Å². The average molecular weight is 388 g/mol. The third-order valence-corrected chi connectivity index (χ3v) is 5.51. The van der Waals surface area contributed by atoms with Gasteiger partial charge in [-0.15, -0.1) is 0 Å². The van der Waals surface area contributed by atoms with E-state index in [1.165, 1.54) is 16.9 Å². The van der Waals surface area contributed by atoms with E-state index in [1.807, 2.05) is 0 Å². The summed E-state index contributed by atoms with van der Waals surface area (Å²) in [6, 6.07) is 1.78. The quantitative estimate of drug-likeness (QED) is 0.709. The van der Waals surface area contributed by atoms with Crippen molar-refractivity contribution in [1.82, 2.24) is 24.4 Å². The standard InChI is InChI=1S/C19H22F2N6O/c1-2-12-4-6-13(7-5-12)27-11-15(16(25-27)17(20)21)24-19(28)14-10-23-26-9-3-8-22-18(14)26/h3,8-13,17H,2,4-7H2,1H3,(H,24,28)/t12-,13-. The molecule has 3 aromatic heterocycles. The topological polar surface area (TPSA) is 77.1 Å². The van der Waals surface area contributed by atoms with E-state index in [1.54, 1.807) is 23.1 Å². The Morgan fingerprint density at radius 3 is 2.82 bits per heavy atom. The molecule has 3 heterocycles. The van der Waals surface area contributed by atoms with Crippen molar-refractivity contribution in [3.63, 3.8) is 0 Å². The number of fused-ring (bicyclic) bond motifs is 1. The van der Waals surface area contributed by atoms with Gasteiger partial charge in [0, 0.05) is 18.6 Å². The fourth-order valence-corrected chi connectivity index (χ4v) is 3.84. The van der Waals surface area contributed by atoms with Crippen LogP contribution in [0.5, 0.6) is 0 Å². The summed E-state index contributed by atoms with van der Waals surface area (Å²) in [7, 11) is 0. The largest absolute Gasteiger partial charge is 0.319 e. The van der Waals surface area contributed by atoms with Gasteiger partial charge in [0.2, 0.25) is 0 Å². The number of hydrogen-bond acceptors (Lipinski definition) is 4. The molecule has 0 atom stereocenters. The smallest absolute Gasteiger partial charge is 0.284 e. The molecule has 9 heteroatoms. The van der Waals surface area contributed by atoms with Gasteiger partial charge in [-0.05, 0) is 37.7 Å². The Hall–Kier alpha value is -2.84. The number of anilines is 1. The molecule has 4 rings (SSSR count). The van der Waals surface area contributed by atoms with Crippen molar-refractivity contribution in [2.75, 3.05) is 5.32 Å². The molecule has 1 aliphatic carbocycles. The molecule has 1 N–H and O–H groups in total. The fourth-order valence-electron chi connectivity index (χ4n) is 3.84. The number of rotatable bonds is 5. The Balaban J connectivity index is 1.57. The lowest BCUT2D eigenvalue weighted by Crippen LogP contribution is -2.18. The minimum absolute atomic E-state index is 0.0351. The summed E-state index contributed by atoms with van der Waals surface area (Å²) in [6.45, 7) is 2.18. The predicted octanol–water partition coefficient (Wildman–Crippen LogP) is 4.26. The van der Waals surface area contributed by atoms with Crippen LogP contribution in [0.1, 0.15) is 67.5 Å². The van der Waals surface area contributed by atoms with E-state index in [-0.39, 0.29) is 17.3 Å². The van der Waals surface area contributed by atoms with Crippen molar-refractivity contribution in [2.45, 2.75) is 51.5 Å². The van der Waals surface area contributed by atoms with Gasteiger partial charge in [0.05, 0.1) is 17.9 Å². The zero-order chi connectivity index (χ0) is 19.7. The third-order valence-electron chi connectivity index (χ3n) is 5.51. The van der Waals surface area contributed by atoms with Gasteiger partial charge >= 0.3 is 0 Å². The lowest BCUT2D eigenvalue weighted by Gasteiger charge is -2.27. The van der Waals surface area contributed by atoms with Gasteiger partial charge in [-0.25, -0.2) is 18.3 Å². The minimum Gasteiger partial charge on any atom is -0.319 e. The lowest BCUT2D eigenvalue weighted by molar-refractivity contribution is 0.102. The summed E-state index contributed by atoms with van der Waals surface area (Å²) in [5, 5.41) is 10.7. The van der Waals surface area contributed by atoms with Crippen LogP contribution in [0.4, 0.5) is 14.5 Å². The molecule has 1 amide bonds. The molecule has 148 valence electrons. The molecule has 3 aromatic rings. The monoisotopic (exact) mass is 388 g/mol. The van der Waals surface area contributed by atoms with E-state index < -0.39 is 18.0 Å². The van der Waals surface area contributed by atoms with Crippen LogP contribution < -0.4 is 5.32 Å². The van der Waals surface area contributed by atoms with Gasteiger partial charge in [-0.1, -0.05) is 13.3 Å². The maximum Gasteiger partial charge on any atom is 0.284 e. The summed E-state index contributed by atoms with van der Waals surface area (Å²) >= 11 is 0. The van der Waals surface area contributed by atoms with Gasteiger partial charge in [0.15, 0.2) is 11.3 Å². The van der Waals surface area contributed by atoms with E-state index in [0.717, 1.165) is 32.1 Å². The zero-order valence-electron chi connectivity index (χ0n) is 15.6. The third kappa shape index (κ3) is 3.48. The van der Waals surface area contributed by atoms with Crippen molar-refractivity contribution in [1.29, 1.82) is 0 Å². The van der Waals surface area contributed by atoms with Crippen molar-refractivity contribution < 1.29 is 13.6 Å². The summed E-state index contributed by atoms with van der Waals surface area (Å²) < 4.78 is 30.1. The molecular formula is C19H22F2N6O. The fraction of sp³-hybridized carbons (Fsp3) is 0.474. The van der Waals surface area contributed by atoms with Crippen LogP contribution in [0.15, 0.2) is 30.9 Å². The second kappa shape index (κ2) is 7.65. The van der Waals surface area contributed by atoms with Crippen molar-refractivity contribution in [3.8, 4) is 0 Å². The Bertz CT molecular complexity index is 974. The van der Waals surface area contributed by atoms with Crippen LogP contribution in [0.2, 0.25) is 0 Å². The Morgan fingerprint density at radius 1 is 1.32 bits per heavy atom. The summed E-state index contributed by atoms with van der Waals surface area (Å²) in [5.74, 6) is 0.161. The lowest BCUT2D eigenvalue weighted by atomic mass is 9.85. The van der Waals surface area contributed by atoms with Crippen LogP contribution in [-0.2, 0) is 0 Å². The number of hydrogen-bond donors (Lipinski definition) is 1. The molecular weight excluding hydrogens is 366 g/mol. The van der Waals surface area contributed by atoms with Gasteiger partial charge in [-0.2, -0.15) is 10.2 Å². The second-order valence-electron chi connectivity index (χ2n) is 7.19. The van der Waals surface area contributed by atoms with Crippen LogP contribution in [-0.4, -0.2) is 30.3 Å². The number of carbonyl (C=O) groups excluding carboxylic acids is 1. The van der Waals surface area contributed by atoms with Gasteiger partial charge in [-0.3, -0.25) is 9.48 Å². The Labute approximate surface area is 160 Å². The molecule has 0 bridgehead atoms. The zero-order valence-corrected chi connectivity index (χ0v) is 15.6. The number of amides is 1. The number of alkyl halides is 2. The summed E-state index contributed by atoms with van der Waals surface area (Å²) in [6.07, 6.45) is 8.43. The first-order valence-corrected chi connectivity index (χ1v) is 9.53. The van der Waals surface area contributed by atoms with Crippen LogP contribution in [0.25, 0.3) is 5.65 Å². The number of nitrogens with one attached hydrogen (secondary N) is 1. The first-order valence-electron chi connectivity index (χ1n) is 9.53.